The molecule has 3 atom stereocenters. The van der Waals surface area contributed by atoms with Crippen LogP contribution < -0.4 is 16.0 Å². The largest absolute Gasteiger partial charge is 0.480 e. The van der Waals surface area contributed by atoms with E-state index in [9.17, 15) is 19.1 Å². The van der Waals surface area contributed by atoms with E-state index in [1.807, 2.05) is 18.4 Å². The highest BCUT2D eigenvalue weighted by Crippen LogP contribution is 2.21. The van der Waals surface area contributed by atoms with Crippen molar-refractivity contribution in [1.29, 1.82) is 0 Å². The highest BCUT2D eigenvalue weighted by Gasteiger charge is 2.24. The Kier molecular flexibility index (Phi) is 10.1. The van der Waals surface area contributed by atoms with E-state index in [-0.39, 0.29) is 11.9 Å². The normalized spacial score (nSPS) is 18.4. The molecule has 0 aromatic heterocycles. The van der Waals surface area contributed by atoms with Gasteiger partial charge in [0.2, 0.25) is 0 Å². The minimum absolute atomic E-state index is 0.265. The lowest BCUT2D eigenvalue weighted by Crippen LogP contribution is -2.41. The Balaban J connectivity index is 1.77. The summed E-state index contributed by atoms with van der Waals surface area (Å²) in [4.78, 5) is 24.7. The van der Waals surface area contributed by atoms with Crippen LogP contribution in [0.4, 0.5) is 10.1 Å². The van der Waals surface area contributed by atoms with Crippen molar-refractivity contribution in [1.82, 2.24) is 10.6 Å². The summed E-state index contributed by atoms with van der Waals surface area (Å²) in [5, 5.41) is 19.3. The molecule has 2 aromatic rings. The molecule has 0 saturated carbocycles. The standard InChI is InChI=1S/C25H32FN3O3S2/c1-34-13-11-21(25(31)32)29-24(30)20-9-8-19(28-15-22-23(33)10-12-27-22)14-17(20)5-2-16-3-6-18(26)7-4-16/h3-4,6-9,14,21-23,27-28,33H,2,5,10-13,15H2,1H3,(H,29,30)(H,31,32)/t21-,22-,23-/m0/s1. The molecule has 1 fully saturated rings. The topological polar surface area (TPSA) is 90.5 Å². The number of aliphatic carboxylic acids is 1. The van der Waals surface area contributed by atoms with Crippen LogP contribution in [0.5, 0.6) is 0 Å². The average molecular weight is 506 g/mol. The number of halogens is 1. The summed E-state index contributed by atoms with van der Waals surface area (Å²) in [5.41, 5.74) is 3.11. The molecule has 0 unspecified atom stereocenters. The smallest absolute Gasteiger partial charge is 0.326 e. The van der Waals surface area contributed by atoms with Gasteiger partial charge < -0.3 is 21.1 Å². The number of nitrogens with one attached hydrogen (secondary N) is 3. The number of thiol groups is 1. The van der Waals surface area contributed by atoms with Gasteiger partial charge in [0.05, 0.1) is 0 Å². The summed E-state index contributed by atoms with van der Waals surface area (Å²) in [6.07, 6.45) is 4.47. The fraction of sp³-hybridized carbons (Fsp3) is 0.440. The van der Waals surface area contributed by atoms with E-state index < -0.39 is 17.9 Å². The molecule has 1 amide bonds. The van der Waals surface area contributed by atoms with Crippen molar-refractivity contribution in [3.05, 3.63) is 65.0 Å². The zero-order chi connectivity index (χ0) is 24.5. The number of carbonyl (C=O) groups excluding carboxylic acids is 1. The van der Waals surface area contributed by atoms with Gasteiger partial charge in [-0.15, -0.1) is 0 Å². The van der Waals surface area contributed by atoms with Crippen LogP contribution in [0.25, 0.3) is 0 Å². The van der Waals surface area contributed by atoms with Gasteiger partial charge in [0.1, 0.15) is 11.9 Å². The van der Waals surface area contributed by atoms with Crippen LogP contribution in [0.2, 0.25) is 0 Å². The number of amides is 1. The second-order valence-corrected chi connectivity index (χ2v) is 10.1. The number of carboxylic acids is 1. The Morgan fingerprint density at radius 1 is 1.24 bits per heavy atom. The molecule has 3 rings (SSSR count). The van der Waals surface area contributed by atoms with E-state index in [4.69, 9.17) is 0 Å². The summed E-state index contributed by atoms with van der Waals surface area (Å²) in [5.74, 6) is -1.09. The first-order chi connectivity index (χ1) is 16.4. The van der Waals surface area contributed by atoms with E-state index >= 15 is 0 Å². The maximum absolute atomic E-state index is 13.3. The summed E-state index contributed by atoms with van der Waals surface area (Å²) in [6.45, 7) is 1.66. The maximum atomic E-state index is 13.3. The number of carboxylic acid groups (broad SMARTS) is 1. The molecule has 1 aliphatic rings. The van der Waals surface area contributed by atoms with Crippen molar-refractivity contribution in [2.24, 2.45) is 0 Å². The van der Waals surface area contributed by atoms with Crippen molar-refractivity contribution >= 4 is 42.0 Å². The molecule has 6 nitrogen and oxygen atoms in total. The van der Waals surface area contributed by atoms with E-state index in [1.54, 1.807) is 18.2 Å². The number of anilines is 1. The van der Waals surface area contributed by atoms with Crippen LogP contribution in [-0.4, -0.2) is 59.4 Å². The minimum Gasteiger partial charge on any atom is -0.480 e. The molecule has 4 N–H and O–H groups in total. The number of rotatable bonds is 12. The minimum atomic E-state index is -1.04. The highest BCUT2D eigenvalue weighted by atomic mass is 32.2. The quantitative estimate of drug-likeness (QED) is 0.283. The third-order valence-corrected chi connectivity index (χ3v) is 7.26. The molecule has 0 radical (unpaired) electrons. The lowest BCUT2D eigenvalue weighted by atomic mass is 9.98. The van der Waals surface area contributed by atoms with Crippen molar-refractivity contribution < 1.29 is 19.1 Å². The average Bonchev–Trinajstić information content (AvgIpc) is 3.24. The predicted octanol–water partition coefficient (Wildman–Crippen LogP) is 3.62. The van der Waals surface area contributed by atoms with Crippen molar-refractivity contribution in [2.75, 3.05) is 30.4 Å². The number of hydrogen-bond donors (Lipinski definition) is 5. The van der Waals surface area contributed by atoms with Gasteiger partial charge in [-0.25, -0.2) is 9.18 Å². The molecule has 184 valence electrons. The molecule has 1 heterocycles. The second-order valence-electron chi connectivity index (χ2n) is 8.44. The van der Waals surface area contributed by atoms with Gasteiger partial charge in [-0.05, 0) is 85.7 Å². The van der Waals surface area contributed by atoms with Gasteiger partial charge in [-0.1, -0.05) is 12.1 Å². The van der Waals surface area contributed by atoms with Crippen LogP contribution in [0.3, 0.4) is 0 Å². The fourth-order valence-corrected chi connectivity index (χ4v) is 4.79. The van der Waals surface area contributed by atoms with Crippen molar-refractivity contribution in [2.45, 2.75) is 43.0 Å². The summed E-state index contributed by atoms with van der Waals surface area (Å²) in [6, 6.07) is 11.2. The maximum Gasteiger partial charge on any atom is 0.326 e. The number of hydrogen-bond acceptors (Lipinski definition) is 6. The van der Waals surface area contributed by atoms with E-state index in [1.165, 1.54) is 23.9 Å². The SMILES string of the molecule is CSCC[C@H](NC(=O)c1ccc(NC[C@@H]2NCC[C@@H]2S)cc1CCc1ccc(F)cc1)C(=O)O. The molecule has 34 heavy (non-hydrogen) atoms. The van der Waals surface area contributed by atoms with Crippen molar-refractivity contribution in [3.63, 3.8) is 0 Å². The summed E-state index contributed by atoms with van der Waals surface area (Å²) >= 11 is 6.16. The zero-order valence-corrected chi connectivity index (χ0v) is 20.9. The Morgan fingerprint density at radius 3 is 2.65 bits per heavy atom. The second kappa shape index (κ2) is 13.0. The van der Waals surface area contributed by atoms with Gasteiger partial charge in [-0.2, -0.15) is 24.4 Å². The number of benzene rings is 2. The predicted molar refractivity (Wildman–Crippen MR) is 140 cm³/mol. The third kappa shape index (κ3) is 7.65. The van der Waals surface area contributed by atoms with Gasteiger partial charge in [0.25, 0.3) is 5.91 Å². The molecule has 2 aromatic carbocycles. The number of carbonyl (C=O) groups is 2. The van der Waals surface area contributed by atoms with Crippen LogP contribution in [0.15, 0.2) is 42.5 Å². The Hall–Kier alpha value is -2.23. The molecule has 1 aliphatic heterocycles. The summed E-state index contributed by atoms with van der Waals surface area (Å²) in [7, 11) is 0. The molecular weight excluding hydrogens is 473 g/mol. The zero-order valence-electron chi connectivity index (χ0n) is 19.2. The molecule has 1 saturated heterocycles. The molecule has 9 heteroatoms. The number of thioether (sulfide) groups is 1. The molecular formula is C25H32FN3O3S2. The van der Waals surface area contributed by atoms with Crippen LogP contribution in [-0.2, 0) is 17.6 Å². The van der Waals surface area contributed by atoms with E-state index in [0.29, 0.717) is 42.4 Å². The Morgan fingerprint density at radius 2 is 2.00 bits per heavy atom. The molecule has 0 aliphatic carbocycles. The first-order valence-electron chi connectivity index (χ1n) is 11.4. The van der Waals surface area contributed by atoms with Crippen LogP contribution >= 0.6 is 24.4 Å². The highest BCUT2D eigenvalue weighted by molar-refractivity contribution is 7.98. The van der Waals surface area contributed by atoms with Gasteiger partial charge in [0, 0.05) is 29.1 Å². The Bertz CT molecular complexity index is 974. The molecule has 0 spiro atoms. The third-order valence-electron chi connectivity index (χ3n) is 6.00. The van der Waals surface area contributed by atoms with Gasteiger partial charge >= 0.3 is 5.97 Å². The number of aryl methyl sites for hydroxylation is 2. The summed E-state index contributed by atoms with van der Waals surface area (Å²) < 4.78 is 13.3. The van der Waals surface area contributed by atoms with Crippen LogP contribution in [0.1, 0.15) is 34.3 Å². The lowest BCUT2D eigenvalue weighted by molar-refractivity contribution is -0.139. The van der Waals surface area contributed by atoms with Gasteiger partial charge in [-0.3, -0.25) is 4.79 Å². The molecule has 0 bridgehead atoms. The van der Waals surface area contributed by atoms with Crippen molar-refractivity contribution in [3.8, 4) is 0 Å². The first-order valence-corrected chi connectivity index (χ1v) is 13.3. The fourth-order valence-electron chi connectivity index (χ4n) is 3.98. The monoisotopic (exact) mass is 505 g/mol. The lowest BCUT2D eigenvalue weighted by Gasteiger charge is -2.19. The van der Waals surface area contributed by atoms with E-state index in [0.717, 1.165) is 29.8 Å². The van der Waals surface area contributed by atoms with Crippen LogP contribution in [0, 0.1) is 5.82 Å². The van der Waals surface area contributed by atoms with E-state index in [2.05, 4.69) is 28.6 Å². The first kappa shape index (κ1) is 26.4. The Labute approximate surface area is 209 Å². The van der Waals surface area contributed by atoms with Gasteiger partial charge in [0.15, 0.2) is 0 Å².